The summed E-state index contributed by atoms with van der Waals surface area (Å²) in [5, 5.41) is 0.831. The van der Waals surface area contributed by atoms with Crippen molar-refractivity contribution in [2.45, 2.75) is 6.61 Å². The molecule has 0 fully saturated rings. The van der Waals surface area contributed by atoms with Crippen LogP contribution in [0.1, 0.15) is 16.7 Å². The first-order chi connectivity index (χ1) is 15.0. The molecule has 5 nitrogen and oxygen atoms in total. The lowest BCUT2D eigenvalue weighted by atomic mass is 10.1. The summed E-state index contributed by atoms with van der Waals surface area (Å²) in [5.41, 5.74) is 2.40. The van der Waals surface area contributed by atoms with Gasteiger partial charge in [0.25, 0.3) is 0 Å². The third-order valence-electron chi connectivity index (χ3n) is 4.51. The van der Waals surface area contributed by atoms with E-state index >= 15 is 0 Å². The van der Waals surface area contributed by atoms with Crippen molar-refractivity contribution in [3.8, 4) is 11.5 Å². The molecule has 0 amide bonds. The molecule has 7 heteroatoms. The van der Waals surface area contributed by atoms with E-state index < -0.39 is 5.97 Å². The van der Waals surface area contributed by atoms with Crippen LogP contribution in [0.15, 0.2) is 77.4 Å². The maximum absolute atomic E-state index is 12.3. The van der Waals surface area contributed by atoms with E-state index in [1.165, 1.54) is 0 Å². The molecule has 4 rings (SSSR count). The molecule has 156 valence electrons. The van der Waals surface area contributed by atoms with Crippen molar-refractivity contribution >= 4 is 41.1 Å². The van der Waals surface area contributed by atoms with Crippen LogP contribution in [-0.2, 0) is 16.1 Å². The zero-order valence-electron chi connectivity index (χ0n) is 16.5. The average molecular weight is 454 g/mol. The largest absolute Gasteiger partial charge is 0.493 e. The van der Waals surface area contributed by atoms with Crippen molar-refractivity contribution in [2.24, 2.45) is 4.99 Å². The zero-order chi connectivity index (χ0) is 21.8. The van der Waals surface area contributed by atoms with Crippen molar-refractivity contribution < 1.29 is 19.0 Å². The number of hydrogen-bond acceptors (Lipinski definition) is 5. The Labute approximate surface area is 189 Å². The van der Waals surface area contributed by atoms with Gasteiger partial charge in [-0.3, -0.25) is 0 Å². The normalized spacial score (nSPS) is 14.4. The van der Waals surface area contributed by atoms with Gasteiger partial charge in [-0.15, -0.1) is 0 Å². The molecule has 1 aliphatic rings. The van der Waals surface area contributed by atoms with E-state index in [-0.39, 0.29) is 11.6 Å². The van der Waals surface area contributed by atoms with Gasteiger partial charge in [-0.2, -0.15) is 0 Å². The highest BCUT2D eigenvalue weighted by Crippen LogP contribution is 2.31. The smallest absolute Gasteiger partial charge is 0.363 e. The SMILES string of the molecule is COc1cc(/C=C2\N=C(c3ccc(Cl)cc3Cl)OC2=O)ccc1OCc1ccccc1. The third kappa shape index (κ3) is 4.90. The van der Waals surface area contributed by atoms with E-state index in [2.05, 4.69) is 4.99 Å². The van der Waals surface area contributed by atoms with Crippen LogP contribution in [0.25, 0.3) is 6.08 Å². The maximum Gasteiger partial charge on any atom is 0.363 e. The number of esters is 1. The molecule has 0 atom stereocenters. The molecule has 0 saturated carbocycles. The van der Waals surface area contributed by atoms with Crippen molar-refractivity contribution in [2.75, 3.05) is 7.11 Å². The summed E-state index contributed by atoms with van der Waals surface area (Å²) in [6.07, 6.45) is 1.61. The highest BCUT2D eigenvalue weighted by molar-refractivity contribution is 6.37. The quantitative estimate of drug-likeness (QED) is 0.343. The fourth-order valence-electron chi connectivity index (χ4n) is 2.97. The average Bonchev–Trinajstić information content (AvgIpc) is 3.13. The second kappa shape index (κ2) is 9.25. The standard InChI is InChI=1S/C24H17Cl2NO4/c1-29-22-12-16(7-10-21(22)30-14-15-5-3-2-4-6-15)11-20-24(28)31-23(27-20)18-9-8-17(25)13-19(18)26/h2-13H,14H2,1H3/b20-11-. The Hall–Kier alpha value is -3.28. The number of methoxy groups -OCH3 is 1. The van der Waals surface area contributed by atoms with Crippen LogP contribution in [0.2, 0.25) is 10.0 Å². The molecule has 0 saturated heterocycles. The molecule has 0 N–H and O–H groups in total. The van der Waals surface area contributed by atoms with E-state index in [4.69, 9.17) is 37.4 Å². The Kier molecular flexibility index (Phi) is 6.26. The van der Waals surface area contributed by atoms with Crippen molar-refractivity contribution in [1.29, 1.82) is 0 Å². The van der Waals surface area contributed by atoms with Gasteiger partial charge in [0, 0.05) is 5.02 Å². The molecule has 0 bridgehead atoms. The van der Waals surface area contributed by atoms with Gasteiger partial charge < -0.3 is 14.2 Å². The van der Waals surface area contributed by atoms with Crippen LogP contribution < -0.4 is 9.47 Å². The minimum Gasteiger partial charge on any atom is -0.493 e. The van der Waals surface area contributed by atoms with E-state index in [1.807, 2.05) is 36.4 Å². The van der Waals surface area contributed by atoms with E-state index in [0.717, 1.165) is 5.56 Å². The highest BCUT2D eigenvalue weighted by Gasteiger charge is 2.25. The van der Waals surface area contributed by atoms with Gasteiger partial charge in [0.2, 0.25) is 5.90 Å². The molecular formula is C24H17Cl2NO4. The Morgan fingerprint density at radius 1 is 1.00 bits per heavy atom. The van der Waals surface area contributed by atoms with Crippen LogP contribution in [0.4, 0.5) is 0 Å². The number of ether oxygens (including phenoxy) is 3. The summed E-state index contributed by atoms with van der Waals surface area (Å²) in [5.74, 6) is 0.707. The van der Waals surface area contributed by atoms with E-state index in [9.17, 15) is 4.79 Å². The van der Waals surface area contributed by atoms with Gasteiger partial charge in [-0.05, 0) is 47.5 Å². The minimum atomic E-state index is -0.565. The van der Waals surface area contributed by atoms with Gasteiger partial charge in [0.05, 0.1) is 17.7 Å². The zero-order valence-corrected chi connectivity index (χ0v) is 18.0. The molecule has 0 radical (unpaired) electrons. The van der Waals surface area contributed by atoms with E-state index in [0.29, 0.717) is 39.3 Å². The Balaban J connectivity index is 1.56. The fourth-order valence-corrected chi connectivity index (χ4v) is 3.46. The summed E-state index contributed by atoms with van der Waals surface area (Å²) in [4.78, 5) is 16.6. The number of hydrogen-bond donors (Lipinski definition) is 0. The lowest BCUT2D eigenvalue weighted by molar-refractivity contribution is -0.129. The number of nitrogens with zero attached hydrogens (tertiary/aromatic N) is 1. The second-order valence-electron chi connectivity index (χ2n) is 6.64. The van der Waals surface area contributed by atoms with Crippen LogP contribution in [0.3, 0.4) is 0 Å². The molecule has 1 aliphatic heterocycles. The summed E-state index contributed by atoms with van der Waals surface area (Å²) >= 11 is 12.1. The first kappa shape index (κ1) is 21.0. The van der Waals surface area contributed by atoms with Crippen LogP contribution in [-0.4, -0.2) is 19.0 Å². The van der Waals surface area contributed by atoms with Gasteiger partial charge in [-0.25, -0.2) is 9.79 Å². The number of rotatable bonds is 6. The van der Waals surface area contributed by atoms with Gasteiger partial charge in [0.15, 0.2) is 17.2 Å². The first-order valence-corrected chi connectivity index (χ1v) is 10.1. The number of carbonyl (C=O) groups is 1. The van der Waals surface area contributed by atoms with Crippen molar-refractivity contribution in [3.05, 3.63) is 99.2 Å². The van der Waals surface area contributed by atoms with Crippen molar-refractivity contribution in [3.63, 3.8) is 0 Å². The fraction of sp³-hybridized carbons (Fsp3) is 0.0833. The molecule has 3 aromatic carbocycles. The molecule has 0 unspecified atom stereocenters. The van der Waals surface area contributed by atoms with Gasteiger partial charge in [-0.1, -0.05) is 59.6 Å². The number of carbonyl (C=O) groups excluding carboxylic acids is 1. The van der Waals surface area contributed by atoms with Gasteiger partial charge >= 0.3 is 5.97 Å². The third-order valence-corrected chi connectivity index (χ3v) is 5.06. The predicted molar refractivity (Wildman–Crippen MR) is 121 cm³/mol. The number of aliphatic imine (C=N–C) groups is 1. The lowest BCUT2D eigenvalue weighted by Crippen LogP contribution is -2.05. The molecule has 1 heterocycles. The number of halogens is 2. The van der Waals surface area contributed by atoms with E-state index in [1.54, 1.807) is 43.5 Å². The molecular weight excluding hydrogens is 437 g/mol. The summed E-state index contributed by atoms with van der Waals surface area (Å²) < 4.78 is 16.6. The predicted octanol–water partition coefficient (Wildman–Crippen LogP) is 5.93. The van der Waals surface area contributed by atoms with Crippen LogP contribution in [0, 0.1) is 0 Å². The monoisotopic (exact) mass is 453 g/mol. The van der Waals surface area contributed by atoms with Gasteiger partial charge in [0.1, 0.15) is 6.61 Å². The first-order valence-electron chi connectivity index (χ1n) is 9.36. The summed E-state index contributed by atoms with van der Waals surface area (Å²) in [7, 11) is 1.56. The Bertz CT molecular complexity index is 1190. The topological polar surface area (TPSA) is 57.1 Å². The molecule has 0 aliphatic carbocycles. The summed E-state index contributed by atoms with van der Waals surface area (Å²) in [6.45, 7) is 0.416. The van der Waals surface area contributed by atoms with Crippen molar-refractivity contribution in [1.82, 2.24) is 0 Å². The maximum atomic E-state index is 12.3. The summed E-state index contributed by atoms with van der Waals surface area (Å²) in [6, 6.07) is 20.1. The number of benzene rings is 3. The lowest BCUT2D eigenvalue weighted by Gasteiger charge is -2.11. The molecule has 0 aromatic heterocycles. The second-order valence-corrected chi connectivity index (χ2v) is 7.49. The minimum absolute atomic E-state index is 0.132. The molecule has 0 spiro atoms. The Morgan fingerprint density at radius 3 is 2.55 bits per heavy atom. The van der Waals surface area contributed by atoms with Crippen LogP contribution in [0.5, 0.6) is 11.5 Å². The molecule has 31 heavy (non-hydrogen) atoms. The Morgan fingerprint density at radius 2 is 1.81 bits per heavy atom. The molecule has 3 aromatic rings. The van der Waals surface area contributed by atoms with Crippen LogP contribution >= 0.6 is 23.2 Å². The number of cyclic esters (lactones) is 1. The highest BCUT2D eigenvalue weighted by atomic mass is 35.5.